The molecule has 0 radical (unpaired) electrons. The number of nitrogens with zero attached hydrogens (tertiary/aromatic N) is 2. The highest BCUT2D eigenvalue weighted by atomic mass is 32.2. The molecule has 0 saturated carbocycles. The quantitative estimate of drug-likeness (QED) is 0.703. The Morgan fingerprint density at radius 3 is 2.00 bits per heavy atom. The molecule has 0 aliphatic rings. The second kappa shape index (κ2) is 6.93. The van der Waals surface area contributed by atoms with Crippen LogP contribution in [0.3, 0.4) is 0 Å². The van der Waals surface area contributed by atoms with E-state index in [4.69, 9.17) is 5.11 Å². The maximum Gasteiger partial charge on any atom is 0.304 e. The number of carboxylic acid groups (broad SMARTS) is 1. The van der Waals surface area contributed by atoms with Crippen molar-refractivity contribution >= 4 is 16.2 Å². The van der Waals surface area contributed by atoms with Gasteiger partial charge in [0.05, 0.1) is 6.42 Å². The second-order valence-electron chi connectivity index (χ2n) is 3.94. The molecule has 0 spiro atoms. The normalized spacial score (nSPS) is 12.6. The molecule has 0 heterocycles. The highest BCUT2D eigenvalue weighted by Gasteiger charge is 2.29. The topological polar surface area (TPSA) is 77.9 Å². The zero-order valence-corrected chi connectivity index (χ0v) is 11.7. The second-order valence-corrected chi connectivity index (χ2v) is 5.82. The van der Waals surface area contributed by atoms with Gasteiger partial charge in [0.2, 0.25) is 0 Å². The summed E-state index contributed by atoms with van der Waals surface area (Å²) in [7, 11) is -3.55. The van der Waals surface area contributed by atoms with Crippen molar-refractivity contribution in [3.63, 3.8) is 0 Å². The van der Waals surface area contributed by atoms with Crippen LogP contribution in [0.1, 0.15) is 34.1 Å². The Kier molecular flexibility index (Phi) is 6.66. The van der Waals surface area contributed by atoms with Crippen LogP contribution in [-0.4, -0.2) is 53.8 Å². The van der Waals surface area contributed by atoms with E-state index in [0.29, 0.717) is 13.1 Å². The molecule has 0 fully saturated rings. The van der Waals surface area contributed by atoms with Crippen molar-refractivity contribution in [1.82, 2.24) is 8.61 Å². The lowest BCUT2D eigenvalue weighted by molar-refractivity contribution is -0.137. The molecular formula is C10H22N2O4S. The van der Waals surface area contributed by atoms with E-state index in [0.717, 1.165) is 0 Å². The first kappa shape index (κ1) is 16.3. The van der Waals surface area contributed by atoms with Crippen molar-refractivity contribution in [2.45, 2.75) is 40.2 Å². The lowest BCUT2D eigenvalue weighted by Crippen LogP contribution is -2.47. The monoisotopic (exact) mass is 266 g/mol. The largest absolute Gasteiger partial charge is 0.481 e. The minimum atomic E-state index is -3.55. The molecule has 0 aliphatic carbocycles. The number of hydrogen-bond acceptors (Lipinski definition) is 3. The molecule has 1 N–H and O–H groups in total. The van der Waals surface area contributed by atoms with E-state index in [1.54, 1.807) is 27.7 Å². The van der Waals surface area contributed by atoms with Crippen LogP contribution in [0, 0.1) is 0 Å². The summed E-state index contributed by atoms with van der Waals surface area (Å²) in [6.45, 7) is 7.77. The predicted molar refractivity (Wildman–Crippen MR) is 65.9 cm³/mol. The lowest BCUT2D eigenvalue weighted by atomic mass is 10.3. The third-order valence-electron chi connectivity index (χ3n) is 2.45. The summed E-state index contributed by atoms with van der Waals surface area (Å²) in [5.41, 5.74) is 0. The zero-order chi connectivity index (χ0) is 13.6. The smallest absolute Gasteiger partial charge is 0.304 e. The van der Waals surface area contributed by atoms with Crippen molar-refractivity contribution in [2.75, 3.05) is 19.6 Å². The molecule has 0 rings (SSSR count). The van der Waals surface area contributed by atoms with E-state index >= 15 is 0 Å². The Morgan fingerprint density at radius 2 is 1.71 bits per heavy atom. The van der Waals surface area contributed by atoms with Crippen LogP contribution in [0.25, 0.3) is 0 Å². The Bertz CT molecular complexity index is 336. The zero-order valence-electron chi connectivity index (χ0n) is 10.9. The van der Waals surface area contributed by atoms with E-state index in [-0.39, 0.29) is 19.0 Å². The molecule has 0 unspecified atom stereocenters. The van der Waals surface area contributed by atoms with E-state index in [1.165, 1.54) is 8.61 Å². The molecule has 6 nitrogen and oxygen atoms in total. The van der Waals surface area contributed by atoms with E-state index in [1.807, 2.05) is 0 Å². The fourth-order valence-electron chi connectivity index (χ4n) is 1.54. The molecule has 17 heavy (non-hydrogen) atoms. The average Bonchev–Trinajstić information content (AvgIpc) is 2.17. The van der Waals surface area contributed by atoms with Crippen molar-refractivity contribution in [2.24, 2.45) is 0 Å². The van der Waals surface area contributed by atoms with E-state index < -0.39 is 16.2 Å². The van der Waals surface area contributed by atoms with Gasteiger partial charge in [-0.05, 0) is 13.8 Å². The molecule has 0 bridgehead atoms. The Balaban J connectivity index is 4.97. The summed E-state index contributed by atoms with van der Waals surface area (Å²) in [5, 5.41) is 8.63. The van der Waals surface area contributed by atoms with Gasteiger partial charge in [0.15, 0.2) is 0 Å². The molecule has 0 atom stereocenters. The Hall–Kier alpha value is -0.660. The summed E-state index contributed by atoms with van der Waals surface area (Å²) in [5.74, 6) is -0.995. The SMILES string of the molecule is CCN(CC)S(=O)(=O)N(CCC(=O)O)C(C)C. The van der Waals surface area contributed by atoms with Gasteiger partial charge in [-0.15, -0.1) is 0 Å². The minimum absolute atomic E-state index is 0.00579. The molecule has 0 aromatic carbocycles. The van der Waals surface area contributed by atoms with Gasteiger partial charge < -0.3 is 5.11 Å². The fraction of sp³-hybridized carbons (Fsp3) is 0.900. The molecule has 102 valence electrons. The number of rotatable bonds is 8. The van der Waals surface area contributed by atoms with Crippen LogP contribution < -0.4 is 0 Å². The summed E-state index contributed by atoms with van der Waals surface area (Å²) < 4.78 is 27.0. The lowest BCUT2D eigenvalue weighted by Gasteiger charge is -2.30. The summed E-state index contributed by atoms with van der Waals surface area (Å²) in [4.78, 5) is 10.5. The van der Waals surface area contributed by atoms with Gasteiger partial charge in [0, 0.05) is 25.7 Å². The standard InChI is InChI=1S/C10H22N2O4S/c1-5-11(6-2)17(15,16)12(9(3)4)8-7-10(13)14/h9H,5-8H2,1-4H3,(H,13,14). The molecule has 0 aromatic heterocycles. The number of aliphatic carboxylic acids is 1. The first-order valence-corrected chi connectivity index (χ1v) is 7.15. The van der Waals surface area contributed by atoms with Crippen LogP contribution in [-0.2, 0) is 15.0 Å². The molecular weight excluding hydrogens is 244 g/mol. The highest BCUT2D eigenvalue weighted by Crippen LogP contribution is 2.12. The first-order chi connectivity index (χ1) is 7.77. The fourth-order valence-corrected chi connectivity index (χ4v) is 3.35. The summed E-state index contributed by atoms with van der Waals surface area (Å²) in [6, 6.07) is -0.250. The van der Waals surface area contributed by atoms with Gasteiger partial charge in [-0.25, -0.2) is 0 Å². The number of hydrogen-bond donors (Lipinski definition) is 1. The van der Waals surface area contributed by atoms with Crippen molar-refractivity contribution < 1.29 is 18.3 Å². The average molecular weight is 266 g/mol. The van der Waals surface area contributed by atoms with Crippen LogP contribution in [0.15, 0.2) is 0 Å². The molecule has 0 amide bonds. The summed E-state index contributed by atoms with van der Waals surface area (Å²) in [6.07, 6.45) is -0.182. The van der Waals surface area contributed by atoms with Crippen molar-refractivity contribution in [3.05, 3.63) is 0 Å². The predicted octanol–water partition coefficient (Wildman–Crippen LogP) is 0.758. The number of carbonyl (C=O) groups is 1. The Morgan fingerprint density at radius 1 is 1.24 bits per heavy atom. The Labute approximate surface area is 103 Å². The third kappa shape index (κ3) is 4.61. The minimum Gasteiger partial charge on any atom is -0.481 e. The third-order valence-corrected chi connectivity index (χ3v) is 4.82. The van der Waals surface area contributed by atoms with Gasteiger partial charge in [-0.1, -0.05) is 13.8 Å². The maximum atomic E-state index is 12.2. The van der Waals surface area contributed by atoms with Gasteiger partial charge in [0.25, 0.3) is 10.2 Å². The van der Waals surface area contributed by atoms with E-state index in [9.17, 15) is 13.2 Å². The molecule has 0 aliphatic heterocycles. The van der Waals surface area contributed by atoms with Gasteiger partial charge in [0.1, 0.15) is 0 Å². The van der Waals surface area contributed by atoms with Gasteiger partial charge >= 0.3 is 5.97 Å². The van der Waals surface area contributed by atoms with Crippen molar-refractivity contribution in [3.8, 4) is 0 Å². The van der Waals surface area contributed by atoms with Crippen LogP contribution >= 0.6 is 0 Å². The highest BCUT2D eigenvalue weighted by molar-refractivity contribution is 7.86. The van der Waals surface area contributed by atoms with Gasteiger partial charge in [-0.3, -0.25) is 4.79 Å². The molecule has 0 saturated heterocycles. The molecule has 7 heteroatoms. The van der Waals surface area contributed by atoms with Crippen LogP contribution in [0.5, 0.6) is 0 Å². The maximum absolute atomic E-state index is 12.2. The van der Waals surface area contributed by atoms with Gasteiger partial charge in [-0.2, -0.15) is 17.0 Å². The van der Waals surface area contributed by atoms with Crippen LogP contribution in [0.2, 0.25) is 0 Å². The number of carboxylic acids is 1. The van der Waals surface area contributed by atoms with Crippen molar-refractivity contribution in [1.29, 1.82) is 0 Å². The van der Waals surface area contributed by atoms with Crippen LogP contribution in [0.4, 0.5) is 0 Å². The summed E-state index contributed by atoms with van der Waals surface area (Å²) >= 11 is 0. The molecule has 0 aromatic rings. The van der Waals surface area contributed by atoms with E-state index in [2.05, 4.69) is 0 Å². The first-order valence-electron chi connectivity index (χ1n) is 5.76.